The van der Waals surface area contributed by atoms with Crippen molar-refractivity contribution in [1.82, 2.24) is 9.97 Å². The molecule has 110 valence electrons. The lowest BCUT2D eigenvalue weighted by atomic mass is 10.1. The Morgan fingerprint density at radius 3 is 2.71 bits per heavy atom. The molecule has 2 aromatic rings. The van der Waals surface area contributed by atoms with E-state index in [0.717, 1.165) is 17.4 Å². The summed E-state index contributed by atoms with van der Waals surface area (Å²) in [5.41, 5.74) is 1.57. The van der Waals surface area contributed by atoms with Crippen LogP contribution < -0.4 is 10.3 Å². The van der Waals surface area contributed by atoms with E-state index in [1.165, 1.54) is 5.56 Å². The molecule has 2 N–H and O–H groups in total. The van der Waals surface area contributed by atoms with Crippen molar-refractivity contribution in [2.24, 2.45) is 0 Å². The molecule has 0 spiro atoms. The monoisotopic (exact) mass is 288 g/mol. The van der Waals surface area contributed by atoms with Crippen LogP contribution in [0.15, 0.2) is 29.1 Å². The summed E-state index contributed by atoms with van der Waals surface area (Å²) in [5.74, 6) is -0.198. The fraction of sp³-hybridized carbons (Fsp3) is 0.267. The molecule has 1 aromatic carbocycles. The maximum absolute atomic E-state index is 11.3. The van der Waals surface area contributed by atoms with Crippen LogP contribution in [-0.2, 0) is 6.42 Å². The van der Waals surface area contributed by atoms with E-state index in [4.69, 9.17) is 9.84 Å². The molecule has 0 unspecified atom stereocenters. The van der Waals surface area contributed by atoms with Gasteiger partial charge in [-0.2, -0.15) is 0 Å². The van der Waals surface area contributed by atoms with Gasteiger partial charge in [0, 0.05) is 12.5 Å². The molecule has 0 atom stereocenters. The summed E-state index contributed by atoms with van der Waals surface area (Å²) in [5, 5.41) is 8.85. The number of rotatable bonds is 5. The van der Waals surface area contributed by atoms with Crippen molar-refractivity contribution in [2.75, 3.05) is 6.61 Å². The van der Waals surface area contributed by atoms with Crippen LogP contribution in [0.2, 0.25) is 0 Å². The van der Waals surface area contributed by atoms with E-state index < -0.39 is 11.5 Å². The second kappa shape index (κ2) is 6.21. The number of carboxylic acid groups (broad SMARTS) is 1. The van der Waals surface area contributed by atoms with Crippen LogP contribution >= 0.6 is 0 Å². The lowest BCUT2D eigenvalue weighted by Gasteiger charge is -2.08. The van der Waals surface area contributed by atoms with Gasteiger partial charge in [0.05, 0.1) is 6.61 Å². The number of benzene rings is 1. The van der Waals surface area contributed by atoms with E-state index in [1.54, 1.807) is 0 Å². The average molecular weight is 288 g/mol. The fourth-order valence-electron chi connectivity index (χ4n) is 1.81. The number of hydrogen-bond acceptors (Lipinski definition) is 4. The van der Waals surface area contributed by atoms with Gasteiger partial charge in [-0.15, -0.1) is 0 Å². The first-order valence-corrected chi connectivity index (χ1v) is 6.49. The van der Waals surface area contributed by atoms with Crippen molar-refractivity contribution in [1.29, 1.82) is 0 Å². The Kier molecular flexibility index (Phi) is 4.37. The van der Waals surface area contributed by atoms with Gasteiger partial charge >= 0.3 is 5.97 Å². The minimum absolute atomic E-state index is 0.264. The number of aromatic amines is 1. The lowest BCUT2D eigenvalue weighted by Crippen LogP contribution is -2.17. The molecule has 0 bridgehead atoms. The smallest absolute Gasteiger partial charge is 0.354 e. The SMILES string of the molecule is Cc1ccc(OCCc2nc(C(=O)O)cc(=O)[nH]2)cc1C. The number of aromatic nitrogens is 2. The molecule has 0 aliphatic rings. The van der Waals surface area contributed by atoms with E-state index in [0.29, 0.717) is 18.9 Å². The minimum Gasteiger partial charge on any atom is -0.493 e. The van der Waals surface area contributed by atoms with Crippen LogP contribution in [0.1, 0.15) is 27.4 Å². The van der Waals surface area contributed by atoms with Crippen molar-refractivity contribution >= 4 is 5.97 Å². The van der Waals surface area contributed by atoms with Crippen LogP contribution in [0.25, 0.3) is 0 Å². The highest BCUT2D eigenvalue weighted by Gasteiger charge is 2.08. The maximum Gasteiger partial charge on any atom is 0.354 e. The predicted molar refractivity (Wildman–Crippen MR) is 76.9 cm³/mol. The molecule has 1 aromatic heterocycles. The van der Waals surface area contributed by atoms with Crippen LogP contribution in [0, 0.1) is 13.8 Å². The number of carbonyl (C=O) groups is 1. The lowest BCUT2D eigenvalue weighted by molar-refractivity contribution is 0.0689. The first-order chi connectivity index (χ1) is 9.95. The highest BCUT2D eigenvalue weighted by Crippen LogP contribution is 2.16. The number of hydrogen-bond donors (Lipinski definition) is 2. The fourth-order valence-corrected chi connectivity index (χ4v) is 1.81. The van der Waals surface area contributed by atoms with Crippen LogP contribution in [0.4, 0.5) is 0 Å². The molecule has 0 saturated carbocycles. The summed E-state index contributed by atoms with van der Waals surface area (Å²) in [6.07, 6.45) is 0.323. The molecule has 0 aliphatic carbocycles. The molecule has 0 fully saturated rings. The van der Waals surface area contributed by atoms with E-state index in [-0.39, 0.29) is 5.69 Å². The highest BCUT2D eigenvalue weighted by molar-refractivity contribution is 5.85. The van der Waals surface area contributed by atoms with Gasteiger partial charge in [-0.3, -0.25) is 4.79 Å². The van der Waals surface area contributed by atoms with Crippen LogP contribution in [-0.4, -0.2) is 27.7 Å². The van der Waals surface area contributed by atoms with Gasteiger partial charge in [0.2, 0.25) is 0 Å². The third-order valence-electron chi connectivity index (χ3n) is 3.10. The van der Waals surface area contributed by atoms with Gasteiger partial charge in [-0.25, -0.2) is 9.78 Å². The Hall–Kier alpha value is -2.63. The van der Waals surface area contributed by atoms with Gasteiger partial charge in [0.25, 0.3) is 5.56 Å². The molecule has 0 radical (unpaired) electrons. The Labute approximate surface area is 121 Å². The number of aryl methyl sites for hydroxylation is 2. The number of nitrogens with zero attached hydrogens (tertiary/aromatic N) is 1. The summed E-state index contributed by atoms with van der Waals surface area (Å²) in [6, 6.07) is 6.72. The molecule has 21 heavy (non-hydrogen) atoms. The van der Waals surface area contributed by atoms with Crippen molar-refractivity contribution in [3.05, 3.63) is 57.3 Å². The normalized spacial score (nSPS) is 10.4. The molecular weight excluding hydrogens is 272 g/mol. The first kappa shape index (κ1) is 14.8. The standard InChI is InChI=1S/C15H16N2O4/c1-9-3-4-11(7-10(9)2)21-6-5-13-16-12(15(19)20)8-14(18)17-13/h3-4,7-8H,5-6H2,1-2H3,(H,19,20)(H,16,17,18). The zero-order valence-electron chi connectivity index (χ0n) is 11.8. The molecule has 6 nitrogen and oxygen atoms in total. The minimum atomic E-state index is -1.22. The van der Waals surface area contributed by atoms with Crippen LogP contribution in [0.5, 0.6) is 5.75 Å². The Morgan fingerprint density at radius 1 is 1.29 bits per heavy atom. The quantitative estimate of drug-likeness (QED) is 0.873. The summed E-state index contributed by atoms with van der Waals surface area (Å²) in [6.45, 7) is 4.32. The van der Waals surface area contributed by atoms with E-state index in [2.05, 4.69) is 9.97 Å². The summed E-state index contributed by atoms with van der Waals surface area (Å²) >= 11 is 0. The third kappa shape index (κ3) is 3.92. The number of nitrogens with one attached hydrogen (secondary N) is 1. The molecule has 1 heterocycles. The molecule has 0 saturated heterocycles. The zero-order chi connectivity index (χ0) is 15.4. The van der Waals surface area contributed by atoms with Crippen molar-refractivity contribution in [3.8, 4) is 5.75 Å². The zero-order valence-corrected chi connectivity index (χ0v) is 11.8. The summed E-state index contributed by atoms with van der Waals surface area (Å²) < 4.78 is 5.58. The van der Waals surface area contributed by atoms with Crippen molar-refractivity contribution in [2.45, 2.75) is 20.3 Å². The van der Waals surface area contributed by atoms with Gasteiger partial charge in [-0.1, -0.05) is 6.07 Å². The first-order valence-electron chi connectivity index (χ1n) is 6.49. The number of aromatic carboxylic acids is 1. The summed E-state index contributed by atoms with van der Waals surface area (Å²) in [7, 11) is 0. The second-order valence-corrected chi connectivity index (χ2v) is 4.73. The maximum atomic E-state index is 11.3. The number of H-pyrrole nitrogens is 1. The highest BCUT2D eigenvalue weighted by atomic mass is 16.5. The second-order valence-electron chi connectivity index (χ2n) is 4.73. The number of carboxylic acids is 1. The van der Waals surface area contributed by atoms with Crippen molar-refractivity contribution < 1.29 is 14.6 Å². The van der Waals surface area contributed by atoms with Gasteiger partial charge < -0.3 is 14.8 Å². The number of ether oxygens (including phenoxy) is 1. The summed E-state index contributed by atoms with van der Waals surface area (Å²) in [4.78, 5) is 28.5. The molecular formula is C15H16N2O4. The third-order valence-corrected chi connectivity index (χ3v) is 3.10. The topological polar surface area (TPSA) is 92.3 Å². The Bertz CT molecular complexity index is 722. The van der Waals surface area contributed by atoms with Gasteiger partial charge in [-0.05, 0) is 37.1 Å². The van der Waals surface area contributed by atoms with Gasteiger partial charge in [0.1, 0.15) is 11.6 Å². The van der Waals surface area contributed by atoms with E-state index >= 15 is 0 Å². The molecule has 2 rings (SSSR count). The van der Waals surface area contributed by atoms with E-state index in [1.807, 2.05) is 32.0 Å². The molecule has 0 amide bonds. The molecule has 6 heteroatoms. The largest absolute Gasteiger partial charge is 0.493 e. The molecule has 0 aliphatic heterocycles. The average Bonchev–Trinajstić information content (AvgIpc) is 2.42. The predicted octanol–water partition coefficient (Wildman–Crippen LogP) is 1.71. The Balaban J connectivity index is 2.01. The van der Waals surface area contributed by atoms with Gasteiger partial charge in [0.15, 0.2) is 5.69 Å². The van der Waals surface area contributed by atoms with Crippen LogP contribution in [0.3, 0.4) is 0 Å². The van der Waals surface area contributed by atoms with E-state index in [9.17, 15) is 9.59 Å². The van der Waals surface area contributed by atoms with Crippen molar-refractivity contribution in [3.63, 3.8) is 0 Å². The Morgan fingerprint density at radius 2 is 2.05 bits per heavy atom.